The molecule has 1 fully saturated rings. The standard InChI is InChI=1S/C28H23Cl2N3O6/c1-15-5-8-19(13-21(15)30)31-25(34)14-39-23-9-6-17(11-24(23)38-3)10-20-26(35)32-28(37)33(27(20)36)22-12-18(29)7-4-16(22)2/h4-13H,14H2,1-3H3,(H,31,34)(H,32,35,37)/b20-10+. The molecule has 0 bridgehead atoms. The Labute approximate surface area is 234 Å². The van der Waals surface area contributed by atoms with Crippen LogP contribution in [0.1, 0.15) is 16.7 Å². The molecule has 39 heavy (non-hydrogen) atoms. The number of methoxy groups -OCH3 is 1. The number of urea groups is 1. The lowest BCUT2D eigenvalue weighted by atomic mass is 10.1. The number of anilines is 2. The lowest BCUT2D eigenvalue weighted by Gasteiger charge is -2.27. The van der Waals surface area contributed by atoms with Crippen LogP contribution in [-0.2, 0) is 14.4 Å². The van der Waals surface area contributed by atoms with Gasteiger partial charge in [0.1, 0.15) is 5.57 Å². The summed E-state index contributed by atoms with van der Waals surface area (Å²) in [5, 5.41) is 5.74. The summed E-state index contributed by atoms with van der Waals surface area (Å²) in [5.74, 6) is -1.52. The molecular weight excluding hydrogens is 545 g/mol. The van der Waals surface area contributed by atoms with E-state index < -0.39 is 23.8 Å². The van der Waals surface area contributed by atoms with Crippen LogP contribution in [0.4, 0.5) is 16.2 Å². The molecule has 3 aromatic rings. The molecule has 0 aliphatic carbocycles. The first kappa shape index (κ1) is 27.7. The average Bonchev–Trinajstić information content (AvgIpc) is 2.89. The maximum atomic E-state index is 13.2. The third-order valence-electron chi connectivity index (χ3n) is 5.83. The summed E-state index contributed by atoms with van der Waals surface area (Å²) in [6, 6.07) is 13.7. The largest absolute Gasteiger partial charge is 0.493 e. The first-order valence-electron chi connectivity index (χ1n) is 11.6. The molecule has 5 amide bonds. The Morgan fingerprint density at radius 3 is 2.44 bits per heavy atom. The zero-order valence-electron chi connectivity index (χ0n) is 21.1. The number of hydrogen-bond acceptors (Lipinski definition) is 6. The predicted molar refractivity (Wildman–Crippen MR) is 148 cm³/mol. The smallest absolute Gasteiger partial charge is 0.335 e. The maximum Gasteiger partial charge on any atom is 0.335 e. The fraction of sp³-hybridized carbons (Fsp3) is 0.143. The number of aryl methyl sites for hydroxylation is 2. The van der Waals surface area contributed by atoms with Crippen LogP contribution in [0.5, 0.6) is 11.5 Å². The van der Waals surface area contributed by atoms with E-state index in [1.165, 1.54) is 31.4 Å². The Kier molecular flexibility index (Phi) is 8.23. The molecule has 0 aromatic heterocycles. The van der Waals surface area contributed by atoms with E-state index in [9.17, 15) is 19.2 Å². The Hall–Kier alpha value is -4.34. The number of imide groups is 2. The van der Waals surface area contributed by atoms with Gasteiger partial charge in [0.25, 0.3) is 17.7 Å². The van der Waals surface area contributed by atoms with Gasteiger partial charge in [0.2, 0.25) is 0 Å². The minimum Gasteiger partial charge on any atom is -0.493 e. The van der Waals surface area contributed by atoms with Gasteiger partial charge in [-0.1, -0.05) is 41.4 Å². The Morgan fingerprint density at radius 1 is 0.974 bits per heavy atom. The molecule has 1 aliphatic heterocycles. The molecule has 9 nitrogen and oxygen atoms in total. The second-order valence-corrected chi connectivity index (χ2v) is 9.44. The highest BCUT2D eigenvalue weighted by Gasteiger charge is 2.37. The number of benzene rings is 3. The lowest BCUT2D eigenvalue weighted by Crippen LogP contribution is -2.54. The van der Waals surface area contributed by atoms with Gasteiger partial charge in [0.15, 0.2) is 18.1 Å². The van der Waals surface area contributed by atoms with E-state index >= 15 is 0 Å². The zero-order valence-corrected chi connectivity index (χ0v) is 22.6. The van der Waals surface area contributed by atoms with E-state index in [1.807, 2.05) is 6.92 Å². The summed E-state index contributed by atoms with van der Waals surface area (Å²) in [6.45, 7) is 3.26. The normalized spacial score (nSPS) is 14.3. The summed E-state index contributed by atoms with van der Waals surface area (Å²) in [5.41, 5.74) is 2.46. The van der Waals surface area contributed by atoms with Crippen molar-refractivity contribution in [2.45, 2.75) is 13.8 Å². The SMILES string of the molecule is COc1cc(/C=C2\C(=O)NC(=O)N(c3cc(Cl)ccc3C)C2=O)ccc1OCC(=O)Nc1ccc(C)c(Cl)c1. The van der Waals surface area contributed by atoms with Crippen molar-refractivity contribution in [3.63, 3.8) is 0 Å². The second-order valence-electron chi connectivity index (χ2n) is 8.60. The number of barbiturate groups is 1. The third kappa shape index (κ3) is 6.22. The van der Waals surface area contributed by atoms with Crippen LogP contribution in [0, 0.1) is 13.8 Å². The van der Waals surface area contributed by atoms with Gasteiger partial charge in [-0.2, -0.15) is 0 Å². The fourth-order valence-corrected chi connectivity index (χ4v) is 4.12. The highest BCUT2D eigenvalue weighted by atomic mass is 35.5. The van der Waals surface area contributed by atoms with Crippen LogP contribution in [0.3, 0.4) is 0 Å². The van der Waals surface area contributed by atoms with Crippen LogP contribution < -0.4 is 25.0 Å². The molecular formula is C28H23Cl2N3O6. The molecule has 200 valence electrons. The van der Waals surface area contributed by atoms with Crippen LogP contribution in [-0.4, -0.2) is 37.5 Å². The Bertz CT molecular complexity index is 1540. The molecule has 0 spiro atoms. The summed E-state index contributed by atoms with van der Waals surface area (Å²) >= 11 is 12.2. The van der Waals surface area contributed by atoms with Gasteiger partial charge in [-0.05, 0) is 73.0 Å². The number of halogens is 2. The highest BCUT2D eigenvalue weighted by Crippen LogP contribution is 2.31. The third-order valence-corrected chi connectivity index (χ3v) is 6.47. The van der Waals surface area contributed by atoms with E-state index in [2.05, 4.69) is 10.6 Å². The van der Waals surface area contributed by atoms with Gasteiger partial charge in [-0.3, -0.25) is 19.7 Å². The molecule has 0 saturated carbocycles. The summed E-state index contributed by atoms with van der Waals surface area (Å²) in [6.07, 6.45) is 1.33. The molecule has 1 heterocycles. The number of carbonyl (C=O) groups excluding carboxylic acids is 4. The first-order chi connectivity index (χ1) is 18.6. The molecule has 2 N–H and O–H groups in total. The van der Waals surface area contributed by atoms with Crippen molar-refractivity contribution in [3.8, 4) is 11.5 Å². The number of carbonyl (C=O) groups is 4. The van der Waals surface area contributed by atoms with Crippen LogP contribution >= 0.6 is 23.2 Å². The van der Waals surface area contributed by atoms with Gasteiger partial charge in [-0.25, -0.2) is 9.69 Å². The van der Waals surface area contributed by atoms with Crippen molar-refractivity contribution < 1.29 is 28.7 Å². The summed E-state index contributed by atoms with van der Waals surface area (Å²) < 4.78 is 11.0. The summed E-state index contributed by atoms with van der Waals surface area (Å²) in [4.78, 5) is 51.5. The molecule has 1 saturated heterocycles. The van der Waals surface area contributed by atoms with Crippen LogP contribution in [0.25, 0.3) is 6.08 Å². The van der Waals surface area contributed by atoms with E-state index in [-0.39, 0.29) is 29.4 Å². The monoisotopic (exact) mass is 567 g/mol. The quantitative estimate of drug-likeness (QED) is 0.295. The topological polar surface area (TPSA) is 114 Å². The van der Waals surface area contributed by atoms with Gasteiger partial charge < -0.3 is 14.8 Å². The number of nitrogens with one attached hydrogen (secondary N) is 2. The Morgan fingerprint density at radius 2 is 1.72 bits per heavy atom. The van der Waals surface area contributed by atoms with E-state index in [4.69, 9.17) is 32.7 Å². The van der Waals surface area contributed by atoms with Crippen LogP contribution in [0.15, 0.2) is 60.2 Å². The average molecular weight is 568 g/mol. The number of hydrogen-bond donors (Lipinski definition) is 2. The number of rotatable bonds is 7. The minimum absolute atomic E-state index is 0.260. The van der Waals surface area contributed by atoms with Crippen molar-refractivity contribution in [1.29, 1.82) is 0 Å². The fourth-order valence-electron chi connectivity index (χ4n) is 3.77. The van der Waals surface area contributed by atoms with Crippen molar-refractivity contribution in [3.05, 3.63) is 86.9 Å². The van der Waals surface area contributed by atoms with Gasteiger partial charge >= 0.3 is 6.03 Å². The molecule has 3 aromatic carbocycles. The second kappa shape index (κ2) is 11.6. The molecule has 0 atom stereocenters. The van der Waals surface area contributed by atoms with Gasteiger partial charge in [-0.15, -0.1) is 0 Å². The molecule has 11 heteroatoms. The Balaban J connectivity index is 1.52. The lowest BCUT2D eigenvalue weighted by molar-refractivity contribution is -0.122. The number of ether oxygens (including phenoxy) is 2. The predicted octanol–water partition coefficient (Wildman–Crippen LogP) is 5.30. The molecule has 0 unspecified atom stereocenters. The minimum atomic E-state index is -0.875. The molecule has 0 radical (unpaired) electrons. The maximum absolute atomic E-state index is 13.2. The van der Waals surface area contributed by atoms with Gasteiger partial charge in [0.05, 0.1) is 12.8 Å². The van der Waals surface area contributed by atoms with Crippen molar-refractivity contribution in [2.24, 2.45) is 0 Å². The summed E-state index contributed by atoms with van der Waals surface area (Å²) in [7, 11) is 1.41. The molecule has 4 rings (SSSR count). The van der Waals surface area contributed by atoms with E-state index in [1.54, 1.807) is 43.3 Å². The van der Waals surface area contributed by atoms with Crippen LogP contribution in [0.2, 0.25) is 10.0 Å². The van der Waals surface area contributed by atoms with E-state index in [0.29, 0.717) is 26.9 Å². The number of amides is 5. The van der Waals surface area contributed by atoms with Crippen molar-refractivity contribution in [1.82, 2.24) is 5.32 Å². The zero-order chi connectivity index (χ0) is 28.3. The first-order valence-corrected chi connectivity index (χ1v) is 12.4. The highest BCUT2D eigenvalue weighted by molar-refractivity contribution is 6.39. The van der Waals surface area contributed by atoms with Gasteiger partial charge in [0, 0.05) is 15.7 Å². The number of nitrogens with zero attached hydrogens (tertiary/aromatic N) is 1. The molecule has 1 aliphatic rings. The van der Waals surface area contributed by atoms with Crippen molar-refractivity contribution in [2.75, 3.05) is 23.9 Å². The van der Waals surface area contributed by atoms with Crippen molar-refractivity contribution >= 4 is 64.4 Å². The van der Waals surface area contributed by atoms with E-state index in [0.717, 1.165) is 10.5 Å².